The second-order valence-electron chi connectivity index (χ2n) is 4.78. The van der Waals surface area contributed by atoms with Crippen molar-refractivity contribution in [1.29, 1.82) is 0 Å². The fourth-order valence-electron chi connectivity index (χ4n) is 2.39. The molecule has 0 N–H and O–H groups in total. The number of hydrogen-bond acceptors (Lipinski definition) is 4. The lowest BCUT2D eigenvalue weighted by Gasteiger charge is -2.35. The maximum Gasteiger partial charge on any atom is 0.255 e. The van der Waals surface area contributed by atoms with Crippen LogP contribution in [0.3, 0.4) is 0 Å². The highest BCUT2D eigenvalue weighted by atomic mass is 32.2. The number of nitrogens with zero attached hydrogens (tertiary/aromatic N) is 4. The number of rotatable bonds is 2. The van der Waals surface area contributed by atoms with Crippen molar-refractivity contribution < 1.29 is 4.79 Å². The molecule has 0 bridgehead atoms. The Morgan fingerprint density at radius 2 is 2.35 bits per heavy atom. The Kier molecular flexibility index (Phi) is 3.73. The summed E-state index contributed by atoms with van der Waals surface area (Å²) in [5, 5.41) is 4.22. The summed E-state index contributed by atoms with van der Waals surface area (Å²) < 4.78 is 1.78. The van der Waals surface area contributed by atoms with Crippen LogP contribution in [0, 0.1) is 0 Å². The molecule has 3 rings (SSSR count). The highest BCUT2D eigenvalue weighted by Crippen LogP contribution is 2.30. The molecule has 1 amide bonds. The zero-order valence-electron chi connectivity index (χ0n) is 11.3. The third kappa shape index (κ3) is 2.56. The molecule has 2 aromatic rings. The predicted octanol–water partition coefficient (Wildman–Crippen LogP) is 1.75. The predicted molar refractivity (Wildman–Crippen MR) is 78.5 cm³/mol. The van der Waals surface area contributed by atoms with Gasteiger partial charge in [0.05, 0.1) is 17.8 Å². The number of carbonyl (C=O) groups excluding carboxylic acids is 1. The van der Waals surface area contributed by atoms with Gasteiger partial charge in [0.1, 0.15) is 0 Å². The summed E-state index contributed by atoms with van der Waals surface area (Å²) in [4.78, 5) is 18.6. The number of hydrogen-bond donors (Lipinski definition) is 0. The van der Waals surface area contributed by atoms with Crippen molar-refractivity contribution in [2.24, 2.45) is 7.05 Å². The standard InChI is InChI=1S/C14H16N4OS/c1-17-9-12(8-16-17)13-10-20-6-5-18(13)14(19)11-3-2-4-15-7-11/h2-4,7-9,13H,5-6,10H2,1H3. The number of pyridine rings is 1. The number of amides is 1. The highest BCUT2D eigenvalue weighted by molar-refractivity contribution is 7.99. The van der Waals surface area contributed by atoms with Gasteiger partial charge in [0.15, 0.2) is 0 Å². The van der Waals surface area contributed by atoms with Gasteiger partial charge in [-0.2, -0.15) is 16.9 Å². The first-order chi connectivity index (χ1) is 9.75. The second kappa shape index (κ2) is 5.66. The minimum Gasteiger partial charge on any atom is -0.330 e. The Labute approximate surface area is 122 Å². The van der Waals surface area contributed by atoms with Crippen molar-refractivity contribution in [3.8, 4) is 0 Å². The quantitative estimate of drug-likeness (QED) is 0.845. The van der Waals surface area contributed by atoms with E-state index in [9.17, 15) is 4.79 Å². The molecule has 0 aromatic carbocycles. The van der Waals surface area contributed by atoms with Gasteiger partial charge in [-0.15, -0.1) is 0 Å². The number of aryl methyl sites for hydroxylation is 1. The van der Waals surface area contributed by atoms with Crippen LogP contribution in [0.5, 0.6) is 0 Å². The first kappa shape index (κ1) is 13.2. The van der Waals surface area contributed by atoms with Gasteiger partial charge in [-0.05, 0) is 12.1 Å². The molecule has 5 nitrogen and oxygen atoms in total. The summed E-state index contributed by atoms with van der Waals surface area (Å²) in [6.07, 6.45) is 7.14. The first-order valence-electron chi connectivity index (χ1n) is 6.53. The fraction of sp³-hybridized carbons (Fsp3) is 0.357. The SMILES string of the molecule is Cn1cc(C2CSCCN2C(=O)c2cccnc2)cn1. The molecule has 0 radical (unpaired) electrons. The van der Waals surface area contributed by atoms with Crippen LogP contribution in [0.15, 0.2) is 36.9 Å². The summed E-state index contributed by atoms with van der Waals surface area (Å²) in [6, 6.07) is 3.71. The second-order valence-corrected chi connectivity index (χ2v) is 5.93. The zero-order valence-corrected chi connectivity index (χ0v) is 12.1. The van der Waals surface area contributed by atoms with E-state index in [1.807, 2.05) is 42.2 Å². The summed E-state index contributed by atoms with van der Waals surface area (Å²) in [7, 11) is 1.90. The minimum absolute atomic E-state index is 0.0484. The van der Waals surface area contributed by atoms with Crippen molar-refractivity contribution in [2.45, 2.75) is 6.04 Å². The van der Waals surface area contributed by atoms with Gasteiger partial charge in [-0.25, -0.2) is 0 Å². The molecule has 1 fully saturated rings. The maximum atomic E-state index is 12.6. The van der Waals surface area contributed by atoms with Gasteiger partial charge in [-0.1, -0.05) is 0 Å². The Morgan fingerprint density at radius 1 is 1.45 bits per heavy atom. The normalized spacial score (nSPS) is 19.1. The van der Waals surface area contributed by atoms with E-state index >= 15 is 0 Å². The number of aromatic nitrogens is 3. The van der Waals surface area contributed by atoms with Crippen LogP contribution < -0.4 is 0 Å². The smallest absolute Gasteiger partial charge is 0.255 e. The summed E-state index contributed by atoms with van der Waals surface area (Å²) in [5.74, 6) is 1.94. The molecule has 104 valence electrons. The molecule has 0 spiro atoms. The molecule has 0 saturated carbocycles. The van der Waals surface area contributed by atoms with E-state index in [0.29, 0.717) is 5.56 Å². The van der Waals surface area contributed by atoms with Crippen molar-refractivity contribution >= 4 is 17.7 Å². The maximum absolute atomic E-state index is 12.6. The summed E-state index contributed by atoms with van der Waals surface area (Å²) >= 11 is 1.88. The van der Waals surface area contributed by atoms with Crippen LogP contribution in [0.1, 0.15) is 22.0 Å². The Hall–Kier alpha value is -1.82. The Balaban J connectivity index is 1.87. The molecule has 2 aromatic heterocycles. The van der Waals surface area contributed by atoms with Gasteiger partial charge in [0.25, 0.3) is 5.91 Å². The number of thioether (sulfide) groups is 1. The van der Waals surface area contributed by atoms with E-state index in [0.717, 1.165) is 23.6 Å². The number of carbonyl (C=O) groups is 1. The van der Waals surface area contributed by atoms with Gasteiger partial charge in [0, 0.05) is 49.3 Å². The lowest BCUT2D eigenvalue weighted by Crippen LogP contribution is -2.40. The van der Waals surface area contributed by atoms with E-state index in [1.54, 1.807) is 23.1 Å². The van der Waals surface area contributed by atoms with Gasteiger partial charge in [0.2, 0.25) is 0 Å². The largest absolute Gasteiger partial charge is 0.330 e. The van der Waals surface area contributed by atoms with E-state index in [-0.39, 0.29) is 11.9 Å². The monoisotopic (exact) mass is 288 g/mol. The molecule has 0 aliphatic carbocycles. The first-order valence-corrected chi connectivity index (χ1v) is 7.68. The molecule has 6 heteroatoms. The van der Waals surface area contributed by atoms with E-state index in [1.165, 1.54) is 0 Å². The molecule has 3 heterocycles. The summed E-state index contributed by atoms with van der Waals surface area (Å²) in [5.41, 5.74) is 1.74. The molecule has 1 aliphatic heterocycles. The molecule has 1 aliphatic rings. The van der Waals surface area contributed by atoms with E-state index < -0.39 is 0 Å². The lowest BCUT2D eigenvalue weighted by molar-refractivity contribution is 0.0701. The minimum atomic E-state index is 0.0484. The van der Waals surface area contributed by atoms with Crippen molar-refractivity contribution in [2.75, 3.05) is 18.1 Å². The molecule has 1 unspecified atom stereocenters. The van der Waals surface area contributed by atoms with Crippen molar-refractivity contribution in [3.05, 3.63) is 48.0 Å². The van der Waals surface area contributed by atoms with Crippen LogP contribution in [0.2, 0.25) is 0 Å². The van der Waals surface area contributed by atoms with Gasteiger partial charge >= 0.3 is 0 Å². The van der Waals surface area contributed by atoms with E-state index in [2.05, 4.69) is 10.1 Å². The van der Waals surface area contributed by atoms with E-state index in [4.69, 9.17) is 0 Å². The average molecular weight is 288 g/mol. The Morgan fingerprint density at radius 3 is 3.05 bits per heavy atom. The molecule has 1 saturated heterocycles. The zero-order chi connectivity index (χ0) is 13.9. The third-order valence-electron chi connectivity index (χ3n) is 3.41. The van der Waals surface area contributed by atoms with Crippen LogP contribution in [-0.2, 0) is 7.05 Å². The molecule has 20 heavy (non-hydrogen) atoms. The van der Waals surface area contributed by atoms with Crippen molar-refractivity contribution in [3.63, 3.8) is 0 Å². The lowest BCUT2D eigenvalue weighted by atomic mass is 10.1. The van der Waals surface area contributed by atoms with Crippen LogP contribution >= 0.6 is 11.8 Å². The fourth-order valence-corrected chi connectivity index (χ4v) is 3.48. The van der Waals surface area contributed by atoms with Crippen LogP contribution in [-0.4, -0.2) is 43.6 Å². The van der Waals surface area contributed by atoms with Crippen molar-refractivity contribution in [1.82, 2.24) is 19.7 Å². The van der Waals surface area contributed by atoms with Crippen LogP contribution in [0.4, 0.5) is 0 Å². The third-order valence-corrected chi connectivity index (χ3v) is 4.43. The van der Waals surface area contributed by atoms with Gasteiger partial charge < -0.3 is 4.90 Å². The van der Waals surface area contributed by atoms with Crippen LogP contribution in [0.25, 0.3) is 0 Å². The molecular weight excluding hydrogens is 272 g/mol. The summed E-state index contributed by atoms with van der Waals surface area (Å²) in [6.45, 7) is 0.762. The topological polar surface area (TPSA) is 51.0 Å². The highest BCUT2D eigenvalue weighted by Gasteiger charge is 2.29. The average Bonchev–Trinajstić information content (AvgIpc) is 2.94. The van der Waals surface area contributed by atoms with Gasteiger partial charge in [-0.3, -0.25) is 14.5 Å². The molecular formula is C14H16N4OS. The molecule has 1 atom stereocenters. The Bertz CT molecular complexity index is 598.